The van der Waals surface area contributed by atoms with Crippen LogP contribution in [0, 0.1) is 0 Å². The topological polar surface area (TPSA) is 74.4 Å². The Balaban J connectivity index is 1.74. The van der Waals surface area contributed by atoms with Gasteiger partial charge in [0.05, 0.1) is 22.4 Å². The predicted molar refractivity (Wildman–Crippen MR) is 122 cm³/mol. The van der Waals surface area contributed by atoms with Crippen LogP contribution in [0.2, 0.25) is 5.02 Å². The third kappa shape index (κ3) is 4.21. The molecule has 0 aliphatic heterocycles. The zero-order valence-corrected chi connectivity index (χ0v) is 17.8. The summed E-state index contributed by atoms with van der Waals surface area (Å²) in [6.45, 7) is 0. The van der Waals surface area contributed by atoms with Crippen molar-refractivity contribution in [1.29, 1.82) is 0 Å². The van der Waals surface area contributed by atoms with Crippen LogP contribution in [0.1, 0.15) is 12.0 Å². The summed E-state index contributed by atoms with van der Waals surface area (Å²) in [5.41, 5.74) is 3.42. The highest BCUT2D eigenvalue weighted by atomic mass is 35.5. The lowest BCUT2D eigenvalue weighted by molar-refractivity contribution is -0.134. The molecular formula is C24H16ClF3N4O. The number of nitrogens with zero attached hydrogens (tertiary/aromatic N) is 2. The average molecular weight is 469 g/mol. The zero-order chi connectivity index (χ0) is 23.2. The number of aromatic nitrogens is 4. The second-order valence-corrected chi connectivity index (χ2v) is 8.13. The molecule has 3 heterocycles. The van der Waals surface area contributed by atoms with Gasteiger partial charge in [0.2, 0.25) is 0 Å². The number of rotatable bonds is 4. The monoisotopic (exact) mass is 468 g/mol. The van der Waals surface area contributed by atoms with E-state index in [1.807, 2.05) is 42.5 Å². The second-order valence-electron chi connectivity index (χ2n) is 7.72. The number of hydrogen-bond donors (Lipinski definition) is 2. The normalized spacial score (nSPS) is 12.0. The van der Waals surface area contributed by atoms with E-state index in [0.717, 1.165) is 22.1 Å². The molecule has 2 aromatic carbocycles. The number of halogens is 4. The van der Waals surface area contributed by atoms with Crippen LogP contribution in [0.15, 0.2) is 65.6 Å². The first kappa shape index (κ1) is 21.2. The number of benzene rings is 2. The Morgan fingerprint density at radius 2 is 1.76 bits per heavy atom. The average Bonchev–Trinajstić information content (AvgIpc) is 3.26. The van der Waals surface area contributed by atoms with Crippen LogP contribution in [0.5, 0.6) is 0 Å². The highest BCUT2D eigenvalue weighted by Gasteiger charge is 2.27. The van der Waals surface area contributed by atoms with Crippen LogP contribution in [0.4, 0.5) is 13.2 Å². The minimum absolute atomic E-state index is 0.0587. The van der Waals surface area contributed by atoms with Crippen LogP contribution in [0.25, 0.3) is 44.3 Å². The van der Waals surface area contributed by atoms with Gasteiger partial charge < -0.3 is 4.98 Å². The maximum atomic E-state index is 12.7. The summed E-state index contributed by atoms with van der Waals surface area (Å²) in [7, 11) is 0. The third-order valence-electron chi connectivity index (χ3n) is 5.44. The van der Waals surface area contributed by atoms with E-state index in [9.17, 15) is 18.0 Å². The van der Waals surface area contributed by atoms with Crippen LogP contribution in [-0.2, 0) is 6.42 Å². The molecule has 5 nitrogen and oxygen atoms in total. The van der Waals surface area contributed by atoms with Crippen LogP contribution < -0.4 is 5.56 Å². The fourth-order valence-electron chi connectivity index (χ4n) is 3.85. The standard InChI is InChI=1S/C24H16ClF3N4O/c25-19-11-15(9-17-12-29-32-21(17)19)18-10-16-8-14(6-7-24(26,27)28)23(33)31-22(16)30-20(18)13-4-2-1-3-5-13/h1-5,8-12H,6-7H2,(H,29,32)(H,30,31,33). The SMILES string of the molecule is O=c1[nH]c2nc(-c3ccccc3)c(-c3cc(Cl)c4[nH]ncc4c3)cc2cc1CCC(F)(F)F. The van der Waals surface area contributed by atoms with Crippen LogP contribution in [-0.4, -0.2) is 26.3 Å². The first-order chi connectivity index (χ1) is 15.8. The summed E-state index contributed by atoms with van der Waals surface area (Å²) in [4.78, 5) is 19.8. The van der Waals surface area contributed by atoms with Crippen LogP contribution in [0.3, 0.4) is 0 Å². The van der Waals surface area contributed by atoms with Gasteiger partial charge in [0.25, 0.3) is 5.56 Å². The van der Waals surface area contributed by atoms with Gasteiger partial charge in [-0.3, -0.25) is 9.89 Å². The maximum absolute atomic E-state index is 12.7. The van der Waals surface area contributed by atoms with Crippen molar-refractivity contribution >= 4 is 33.5 Å². The minimum Gasteiger partial charge on any atom is -0.306 e. The fourth-order valence-corrected chi connectivity index (χ4v) is 4.12. The lowest BCUT2D eigenvalue weighted by Crippen LogP contribution is -2.17. The number of fused-ring (bicyclic) bond motifs is 2. The number of H-pyrrole nitrogens is 2. The van der Waals surface area contributed by atoms with Gasteiger partial charge >= 0.3 is 6.18 Å². The highest BCUT2D eigenvalue weighted by Crippen LogP contribution is 2.36. The maximum Gasteiger partial charge on any atom is 0.389 e. The van der Waals surface area contributed by atoms with Crippen molar-refractivity contribution in [3.63, 3.8) is 0 Å². The summed E-state index contributed by atoms with van der Waals surface area (Å²) < 4.78 is 38.1. The van der Waals surface area contributed by atoms with Crippen molar-refractivity contribution in [1.82, 2.24) is 20.2 Å². The van der Waals surface area contributed by atoms with E-state index >= 15 is 0 Å². The van der Waals surface area contributed by atoms with Gasteiger partial charge in [-0.05, 0) is 36.2 Å². The molecule has 0 bridgehead atoms. The van der Waals surface area contributed by atoms with E-state index < -0.39 is 24.6 Å². The fraction of sp³-hybridized carbons (Fsp3) is 0.125. The molecule has 0 radical (unpaired) electrons. The largest absolute Gasteiger partial charge is 0.389 e. The van der Waals surface area contributed by atoms with E-state index in [0.29, 0.717) is 27.3 Å². The van der Waals surface area contributed by atoms with Crippen molar-refractivity contribution in [2.45, 2.75) is 19.0 Å². The predicted octanol–water partition coefficient (Wildman–Crippen LogP) is 6.28. The Labute approximate surface area is 190 Å². The van der Waals surface area contributed by atoms with Crippen molar-refractivity contribution < 1.29 is 13.2 Å². The molecule has 166 valence electrons. The molecule has 5 rings (SSSR count). The molecule has 5 aromatic rings. The molecule has 9 heteroatoms. The second kappa shape index (κ2) is 8.04. The van der Waals surface area contributed by atoms with Gasteiger partial charge in [-0.15, -0.1) is 0 Å². The summed E-state index contributed by atoms with van der Waals surface area (Å²) in [5, 5.41) is 8.71. The summed E-state index contributed by atoms with van der Waals surface area (Å²) in [6.07, 6.45) is -4.17. The van der Waals surface area contributed by atoms with Crippen molar-refractivity contribution in [3.8, 4) is 22.4 Å². The minimum atomic E-state index is -4.35. The van der Waals surface area contributed by atoms with Crippen molar-refractivity contribution in [2.24, 2.45) is 0 Å². The molecule has 0 fully saturated rings. The lowest BCUT2D eigenvalue weighted by atomic mass is 9.96. The van der Waals surface area contributed by atoms with Gasteiger partial charge in [-0.2, -0.15) is 18.3 Å². The van der Waals surface area contributed by atoms with E-state index in [4.69, 9.17) is 11.6 Å². The van der Waals surface area contributed by atoms with Gasteiger partial charge in [0, 0.05) is 33.9 Å². The van der Waals surface area contributed by atoms with Crippen molar-refractivity contribution in [3.05, 3.63) is 81.7 Å². The first-order valence-corrected chi connectivity index (χ1v) is 10.5. The zero-order valence-electron chi connectivity index (χ0n) is 17.0. The van der Waals surface area contributed by atoms with Crippen molar-refractivity contribution in [2.75, 3.05) is 0 Å². The third-order valence-corrected chi connectivity index (χ3v) is 5.74. The van der Waals surface area contributed by atoms with Gasteiger partial charge in [-0.25, -0.2) is 4.98 Å². The number of aryl methyl sites for hydroxylation is 1. The highest BCUT2D eigenvalue weighted by molar-refractivity contribution is 6.35. The number of nitrogens with one attached hydrogen (secondary N) is 2. The molecule has 3 aromatic heterocycles. The smallest absolute Gasteiger partial charge is 0.306 e. The number of pyridine rings is 2. The molecule has 0 atom stereocenters. The van der Waals surface area contributed by atoms with Gasteiger partial charge in [-0.1, -0.05) is 41.9 Å². The Bertz CT molecular complexity index is 1540. The van der Waals surface area contributed by atoms with Crippen LogP contribution >= 0.6 is 11.6 Å². The van der Waals surface area contributed by atoms with E-state index in [2.05, 4.69) is 20.2 Å². The Morgan fingerprint density at radius 1 is 0.970 bits per heavy atom. The number of alkyl halides is 3. The van der Waals surface area contributed by atoms with E-state index in [1.165, 1.54) is 6.07 Å². The van der Waals surface area contributed by atoms with Gasteiger partial charge in [0.1, 0.15) is 5.65 Å². The van der Waals surface area contributed by atoms with E-state index in [1.54, 1.807) is 12.3 Å². The molecule has 33 heavy (non-hydrogen) atoms. The molecule has 0 aliphatic carbocycles. The summed E-state index contributed by atoms with van der Waals surface area (Å²) in [5.74, 6) is 0. The number of hydrogen-bond acceptors (Lipinski definition) is 3. The van der Waals surface area contributed by atoms with Gasteiger partial charge in [0.15, 0.2) is 0 Å². The molecule has 0 spiro atoms. The molecule has 0 saturated carbocycles. The molecular weight excluding hydrogens is 453 g/mol. The molecule has 0 saturated heterocycles. The summed E-state index contributed by atoms with van der Waals surface area (Å²) in [6, 6.07) is 16.4. The first-order valence-electron chi connectivity index (χ1n) is 10.1. The molecule has 2 N–H and O–H groups in total. The quantitative estimate of drug-likeness (QED) is 0.326. The Morgan fingerprint density at radius 3 is 2.52 bits per heavy atom. The van der Waals surface area contributed by atoms with E-state index in [-0.39, 0.29) is 5.56 Å². The lowest BCUT2D eigenvalue weighted by Gasteiger charge is -2.13. The number of aromatic amines is 2. The molecule has 0 amide bonds. The Hall–Kier alpha value is -3.65. The Kier molecular flexibility index (Phi) is 5.17. The molecule has 0 aliphatic rings. The summed E-state index contributed by atoms with van der Waals surface area (Å²) >= 11 is 6.45. The molecule has 0 unspecified atom stereocenters.